The second kappa shape index (κ2) is 38.6. The van der Waals surface area contributed by atoms with E-state index in [1.54, 1.807) is 27.7 Å². The highest BCUT2D eigenvalue weighted by molar-refractivity contribution is 6.06. The Morgan fingerprint density at radius 3 is 0.785 bits per heavy atom. The first-order valence-electron chi connectivity index (χ1n) is 25.1. The summed E-state index contributed by atoms with van der Waals surface area (Å²) in [5, 5.41) is 0. The molecular weight excluding hydrogens is 1040 g/mol. The van der Waals surface area contributed by atoms with Crippen LogP contribution in [0.15, 0.2) is 72.9 Å². The van der Waals surface area contributed by atoms with Gasteiger partial charge in [-0.2, -0.15) is 19.2 Å². The van der Waals surface area contributed by atoms with Crippen LogP contribution in [0.25, 0.3) is 0 Å². The zero-order chi connectivity index (χ0) is 61.7. The van der Waals surface area contributed by atoms with Gasteiger partial charge in [0.15, 0.2) is 10.8 Å². The van der Waals surface area contributed by atoms with E-state index in [0.717, 1.165) is 6.92 Å². The van der Waals surface area contributed by atoms with Gasteiger partial charge in [-0.25, -0.2) is 19.2 Å². The summed E-state index contributed by atoms with van der Waals surface area (Å²) in [5.41, 5.74) is -9.40. The number of hydrogen-bond acceptors (Lipinski definition) is 23. The molecule has 0 bridgehead atoms. The van der Waals surface area contributed by atoms with Crippen LogP contribution >= 0.6 is 0 Å². The van der Waals surface area contributed by atoms with Gasteiger partial charge < -0.3 is 42.6 Å². The Labute approximate surface area is 461 Å². The van der Waals surface area contributed by atoms with E-state index in [1.165, 1.54) is 34.6 Å². The van der Waals surface area contributed by atoms with Crippen molar-refractivity contribution >= 4 is 71.8 Å². The van der Waals surface area contributed by atoms with Crippen molar-refractivity contribution in [3.05, 3.63) is 72.9 Å². The van der Waals surface area contributed by atoms with Crippen LogP contribution < -0.4 is 0 Å². The molecule has 0 saturated heterocycles. The number of esters is 9. The SMILES string of the molecule is C=C(CC)CC(CC(=C)C(=O)OCC)(C(C)=O)C(=O)OCC(CC)(COC(=O)C(CC(=C)CC)(CC(=C)C(=O)OCC)C(=O)OCC)COC(=O)C(CC(=C)C(=O)OCC)(CC(=C)C(=O)OCC)C(=O)OCC.O=C=O.O=C=O. The van der Waals surface area contributed by atoms with Gasteiger partial charge in [-0.1, -0.05) is 71.4 Å². The van der Waals surface area contributed by atoms with E-state index in [2.05, 4.69) is 39.5 Å². The predicted octanol–water partition coefficient (Wildman–Crippen LogP) is 6.27. The molecule has 0 aliphatic rings. The third kappa shape index (κ3) is 23.7. The molecule has 0 radical (unpaired) electrons. The van der Waals surface area contributed by atoms with Crippen LogP contribution in [0.1, 0.15) is 127 Å². The molecule has 0 aliphatic heterocycles. The Kier molecular flexibility index (Phi) is 36.8. The van der Waals surface area contributed by atoms with Gasteiger partial charge in [0.25, 0.3) is 0 Å². The Balaban J connectivity index is -0.00000916. The molecule has 23 nitrogen and oxygen atoms in total. The van der Waals surface area contributed by atoms with Crippen molar-refractivity contribution in [2.45, 2.75) is 127 Å². The van der Waals surface area contributed by atoms with Crippen LogP contribution in [0, 0.1) is 21.7 Å². The smallest absolute Gasteiger partial charge is 0.373 e. The maximum Gasteiger partial charge on any atom is 0.373 e. The monoisotopic (exact) mass is 1120 g/mol. The number of rotatable bonds is 37. The molecular formula is C56H78O23. The molecule has 0 rings (SSSR count). The molecule has 3 atom stereocenters. The van der Waals surface area contributed by atoms with Gasteiger partial charge in [0, 0.05) is 48.0 Å². The van der Waals surface area contributed by atoms with Crippen molar-refractivity contribution < 1.29 is 110 Å². The number of allylic oxidation sites excluding steroid dienone is 2. The Hall–Kier alpha value is -7.90. The van der Waals surface area contributed by atoms with Gasteiger partial charge in [0.2, 0.25) is 0 Å². The fourth-order valence-electron chi connectivity index (χ4n) is 7.29. The topological polar surface area (TPSA) is 322 Å². The number of ketones is 1. The zero-order valence-corrected chi connectivity index (χ0v) is 47.4. The van der Waals surface area contributed by atoms with Crippen molar-refractivity contribution in [2.24, 2.45) is 21.7 Å². The highest BCUT2D eigenvalue weighted by atomic mass is 16.6. The minimum Gasteiger partial charge on any atom is -0.465 e. The average Bonchev–Trinajstić information content (AvgIpc) is 3.40. The first kappa shape index (κ1) is 75.3. The lowest BCUT2D eigenvalue weighted by atomic mass is 9.73. The van der Waals surface area contributed by atoms with Crippen LogP contribution in [0.5, 0.6) is 0 Å². The molecule has 440 valence electrons. The van der Waals surface area contributed by atoms with Crippen LogP contribution in [0.3, 0.4) is 0 Å². The summed E-state index contributed by atoms with van der Waals surface area (Å²) in [6, 6.07) is 0. The Bertz CT molecular complexity index is 2260. The van der Waals surface area contributed by atoms with Crippen LogP contribution in [0.4, 0.5) is 0 Å². The molecule has 3 unspecified atom stereocenters. The number of Topliss-reactive ketones (excluding diaryl/α,β-unsaturated/α-hetero) is 1. The van der Waals surface area contributed by atoms with Crippen LogP contribution in [-0.2, 0) is 110 Å². The average molecular weight is 1120 g/mol. The van der Waals surface area contributed by atoms with Crippen LogP contribution in [0.2, 0.25) is 0 Å². The van der Waals surface area contributed by atoms with Crippen molar-refractivity contribution in [2.75, 3.05) is 59.5 Å². The van der Waals surface area contributed by atoms with Gasteiger partial charge in [-0.15, -0.1) is 0 Å². The standard InChI is InChI=1S/C54H78O19.2CO2/c1-17-35(10)26-52(41(16)55,28-37(12)42(56)65-20-4)46(60)71-32-51(19-3,33-72-49(63)53(27-36(11)18-2,47(61)69-24-8)29-38(13)43(57)66-21-5)34-73-50(64)54(48(62)70-25-9,30-39(14)44(58)67-22-6)31-40(15)45(59)68-23-7;2*2-1-3/h10-15,17-34H2,1-9,16H3;;. The molecule has 0 amide bonds. The van der Waals surface area contributed by atoms with Gasteiger partial charge >= 0.3 is 66.0 Å². The second-order valence-electron chi connectivity index (χ2n) is 17.6. The number of carbonyl (C=O) groups excluding carboxylic acids is 14. The zero-order valence-electron chi connectivity index (χ0n) is 47.4. The second-order valence-corrected chi connectivity index (χ2v) is 17.6. The van der Waals surface area contributed by atoms with Gasteiger partial charge in [-0.05, 0) is 80.6 Å². The highest BCUT2D eigenvalue weighted by Gasteiger charge is 2.54. The molecule has 79 heavy (non-hydrogen) atoms. The summed E-state index contributed by atoms with van der Waals surface area (Å²) in [6.45, 7) is 34.7. The van der Waals surface area contributed by atoms with Gasteiger partial charge in [0.05, 0.1) is 45.1 Å². The number of hydrogen-bond donors (Lipinski definition) is 0. The van der Waals surface area contributed by atoms with E-state index < -0.39 is 144 Å². The summed E-state index contributed by atoms with van der Waals surface area (Å²) >= 11 is 0. The van der Waals surface area contributed by atoms with E-state index in [9.17, 15) is 47.9 Å². The number of carbonyl (C=O) groups is 10. The van der Waals surface area contributed by atoms with Crippen molar-refractivity contribution in [1.29, 1.82) is 0 Å². The minimum atomic E-state index is -2.58. The molecule has 0 heterocycles. The third-order valence-electron chi connectivity index (χ3n) is 11.9. The predicted molar refractivity (Wildman–Crippen MR) is 277 cm³/mol. The fourth-order valence-corrected chi connectivity index (χ4v) is 7.29. The molecule has 0 aromatic carbocycles. The van der Waals surface area contributed by atoms with E-state index in [-0.39, 0.29) is 82.4 Å². The van der Waals surface area contributed by atoms with E-state index in [0.29, 0.717) is 17.6 Å². The molecule has 0 aromatic rings. The largest absolute Gasteiger partial charge is 0.465 e. The lowest BCUT2D eigenvalue weighted by Gasteiger charge is -2.37. The number of ether oxygens (including phenoxy) is 9. The summed E-state index contributed by atoms with van der Waals surface area (Å²) in [6.07, 6.45) is -2.70. The Morgan fingerprint density at radius 2 is 0.557 bits per heavy atom. The first-order valence-corrected chi connectivity index (χ1v) is 25.1. The molecule has 0 fully saturated rings. The lowest BCUT2D eigenvalue weighted by molar-refractivity contribution is -0.193. The first-order chi connectivity index (χ1) is 37.0. The fraction of sp³-hybridized carbons (Fsp3) is 0.571. The summed E-state index contributed by atoms with van der Waals surface area (Å²) in [7, 11) is 0. The van der Waals surface area contributed by atoms with Crippen molar-refractivity contribution in [1.82, 2.24) is 0 Å². The third-order valence-corrected chi connectivity index (χ3v) is 11.9. The van der Waals surface area contributed by atoms with E-state index >= 15 is 0 Å². The molecule has 0 aromatic heterocycles. The minimum absolute atomic E-state index is 0.0419. The van der Waals surface area contributed by atoms with E-state index in [1.807, 2.05) is 0 Å². The quantitative estimate of drug-likeness (QED) is 0.0217. The van der Waals surface area contributed by atoms with Crippen molar-refractivity contribution in [3.8, 4) is 0 Å². The van der Waals surface area contributed by atoms with Gasteiger partial charge in [-0.3, -0.25) is 28.8 Å². The molecule has 0 aliphatic carbocycles. The van der Waals surface area contributed by atoms with Crippen molar-refractivity contribution in [3.63, 3.8) is 0 Å². The molecule has 0 N–H and O–H groups in total. The molecule has 0 spiro atoms. The highest BCUT2D eigenvalue weighted by Crippen LogP contribution is 2.42. The van der Waals surface area contributed by atoms with Crippen LogP contribution in [-0.4, -0.2) is 131 Å². The lowest BCUT2D eigenvalue weighted by Crippen LogP contribution is -2.49. The molecule has 23 heteroatoms. The normalized spacial score (nSPS) is 12.5. The summed E-state index contributed by atoms with van der Waals surface area (Å²) in [4.78, 5) is 170. The van der Waals surface area contributed by atoms with Gasteiger partial charge in [0.1, 0.15) is 31.0 Å². The summed E-state index contributed by atoms with van der Waals surface area (Å²) < 4.78 is 49.0. The Morgan fingerprint density at radius 1 is 0.342 bits per heavy atom. The summed E-state index contributed by atoms with van der Waals surface area (Å²) in [5.74, 6) is -10.8. The van der Waals surface area contributed by atoms with E-state index in [4.69, 9.17) is 61.8 Å². The molecule has 0 saturated carbocycles. The maximum atomic E-state index is 14.8. The maximum absolute atomic E-state index is 14.8.